The van der Waals surface area contributed by atoms with E-state index in [-0.39, 0.29) is 25.0 Å². The van der Waals surface area contributed by atoms with Crippen molar-refractivity contribution in [3.63, 3.8) is 0 Å². The topological polar surface area (TPSA) is 92.7 Å². The first-order valence-electron chi connectivity index (χ1n) is 9.33. The van der Waals surface area contributed by atoms with Crippen LogP contribution in [-0.4, -0.2) is 41.0 Å². The smallest absolute Gasteiger partial charge is 0.326 e. The average molecular weight is 364 g/mol. The van der Waals surface area contributed by atoms with Gasteiger partial charge in [0.2, 0.25) is 5.91 Å². The van der Waals surface area contributed by atoms with Crippen molar-refractivity contribution >= 4 is 17.7 Å². The van der Waals surface area contributed by atoms with Gasteiger partial charge < -0.3 is 20.0 Å². The Labute approximate surface area is 154 Å². The van der Waals surface area contributed by atoms with E-state index in [9.17, 15) is 14.4 Å². The maximum absolute atomic E-state index is 11.8. The van der Waals surface area contributed by atoms with Crippen LogP contribution in [0.3, 0.4) is 0 Å². The van der Waals surface area contributed by atoms with Gasteiger partial charge in [0.05, 0.1) is 12.0 Å². The Morgan fingerprint density at radius 1 is 1.04 bits per heavy atom. The number of ketones is 1. The zero-order valence-electron chi connectivity index (χ0n) is 18.0. The maximum atomic E-state index is 11.8. The van der Waals surface area contributed by atoms with Crippen LogP contribution in [-0.2, 0) is 19.1 Å². The molecule has 0 aliphatic rings. The van der Waals surface area contributed by atoms with E-state index in [2.05, 4.69) is 5.32 Å². The number of nitrogens with one attached hydrogen (secondary N) is 1. The molecule has 0 aromatic rings. The van der Waals surface area contributed by atoms with Gasteiger partial charge in [-0.3, -0.25) is 4.79 Å². The van der Waals surface area contributed by atoms with Crippen LogP contribution < -0.4 is 5.32 Å². The third kappa shape index (κ3) is 22.6. The van der Waals surface area contributed by atoms with Crippen LogP contribution in [0, 0.1) is 0 Å². The van der Waals surface area contributed by atoms with Gasteiger partial charge in [-0.2, -0.15) is 0 Å². The second kappa shape index (κ2) is 20.6. The molecule has 0 aromatic carbocycles. The molecule has 1 atom stereocenters. The van der Waals surface area contributed by atoms with Crippen molar-refractivity contribution in [3.8, 4) is 0 Å². The third-order valence-electron chi connectivity index (χ3n) is 2.54. The van der Waals surface area contributed by atoms with Crippen LogP contribution in [0.5, 0.6) is 0 Å². The van der Waals surface area contributed by atoms with E-state index in [1.165, 1.54) is 6.92 Å². The highest BCUT2D eigenvalue weighted by atomic mass is 16.5. The molecule has 25 heavy (non-hydrogen) atoms. The molecule has 0 rings (SSSR count). The molecule has 0 spiro atoms. The van der Waals surface area contributed by atoms with Crippen LogP contribution >= 0.6 is 0 Å². The second-order valence-corrected chi connectivity index (χ2v) is 5.07. The Morgan fingerprint density at radius 3 is 1.80 bits per heavy atom. The summed E-state index contributed by atoms with van der Waals surface area (Å²) >= 11 is 0. The Morgan fingerprint density at radius 2 is 1.48 bits per heavy atom. The molecule has 0 saturated carbocycles. The maximum Gasteiger partial charge on any atom is 0.326 e. The van der Waals surface area contributed by atoms with Crippen LogP contribution in [0.15, 0.2) is 0 Å². The summed E-state index contributed by atoms with van der Waals surface area (Å²) in [5.41, 5.74) is -0.636. The molecule has 6 heteroatoms. The Bertz CT molecular complexity index is 341. The lowest BCUT2D eigenvalue weighted by molar-refractivity contribution is -0.143. The van der Waals surface area contributed by atoms with E-state index >= 15 is 0 Å². The molecule has 1 unspecified atom stereocenters. The van der Waals surface area contributed by atoms with Crippen LogP contribution in [0.1, 0.15) is 88.5 Å². The summed E-state index contributed by atoms with van der Waals surface area (Å²) in [4.78, 5) is 33.6. The van der Waals surface area contributed by atoms with Crippen molar-refractivity contribution in [1.29, 1.82) is 0 Å². The number of amides is 1. The van der Waals surface area contributed by atoms with E-state index in [1.807, 2.05) is 48.5 Å². The van der Waals surface area contributed by atoms with Gasteiger partial charge in [0.1, 0.15) is 11.8 Å². The predicted molar refractivity (Wildman–Crippen MR) is 104 cm³/mol. The van der Waals surface area contributed by atoms with Crippen LogP contribution in [0.4, 0.5) is 0 Å². The first kappa shape index (κ1) is 31.4. The fourth-order valence-corrected chi connectivity index (χ4v) is 1.68. The van der Waals surface area contributed by atoms with Gasteiger partial charge in [-0.05, 0) is 34.1 Å². The van der Waals surface area contributed by atoms with Gasteiger partial charge in [-0.25, -0.2) is 4.79 Å². The summed E-state index contributed by atoms with van der Waals surface area (Å²) in [6.45, 7) is 19.2. The molecule has 0 fully saturated rings. The summed E-state index contributed by atoms with van der Waals surface area (Å²) in [5.74, 6) is -1.63. The second-order valence-electron chi connectivity index (χ2n) is 5.07. The van der Waals surface area contributed by atoms with E-state index in [1.54, 1.807) is 13.8 Å². The van der Waals surface area contributed by atoms with Crippen molar-refractivity contribution in [3.05, 3.63) is 0 Å². The molecule has 152 valence electrons. The molecule has 0 aliphatic heterocycles. The van der Waals surface area contributed by atoms with Crippen molar-refractivity contribution in [2.45, 2.75) is 100 Å². The summed E-state index contributed by atoms with van der Waals surface area (Å²) in [7, 11) is 0. The average Bonchev–Trinajstić information content (AvgIpc) is 2.56. The molecule has 0 bridgehead atoms. The number of carboxylic acid groups (broad SMARTS) is 1. The molecule has 1 amide bonds. The van der Waals surface area contributed by atoms with Crippen molar-refractivity contribution in [2.75, 3.05) is 6.61 Å². The minimum atomic E-state index is -1.14. The lowest BCUT2D eigenvalue weighted by Crippen LogP contribution is -2.44. The fraction of sp³-hybridized carbons (Fsp3) is 0.842. The molecule has 6 nitrogen and oxygen atoms in total. The molecule has 0 saturated heterocycles. The molecule has 0 aliphatic carbocycles. The minimum Gasteiger partial charge on any atom is -0.480 e. The standard InChI is InChI=1S/C13H23NO5.3C2H6/c1-5-19-13(3,4)8-11(16)14-10(12(17)18)7-6-9(2)15;3*1-2/h10H,5-8H2,1-4H3,(H,14,16)(H,17,18);3*1-2H3. The van der Waals surface area contributed by atoms with Gasteiger partial charge in [-0.15, -0.1) is 0 Å². The summed E-state index contributed by atoms with van der Waals surface area (Å²) < 4.78 is 5.38. The lowest BCUT2D eigenvalue weighted by Gasteiger charge is -2.24. The van der Waals surface area contributed by atoms with Crippen LogP contribution in [0.25, 0.3) is 0 Å². The number of carbonyl (C=O) groups is 3. The molecular weight excluding hydrogens is 322 g/mol. The van der Waals surface area contributed by atoms with Gasteiger partial charge in [0, 0.05) is 13.0 Å². The molecule has 0 radical (unpaired) electrons. The molecule has 2 N–H and O–H groups in total. The quantitative estimate of drug-likeness (QED) is 0.640. The largest absolute Gasteiger partial charge is 0.480 e. The first-order valence-corrected chi connectivity index (χ1v) is 9.33. The predicted octanol–water partition coefficient (Wildman–Crippen LogP) is 4.21. The monoisotopic (exact) mass is 363 g/mol. The van der Waals surface area contributed by atoms with E-state index in [0.29, 0.717) is 6.61 Å². The number of aliphatic carboxylic acids is 1. The van der Waals surface area contributed by atoms with Crippen molar-refractivity contribution < 1.29 is 24.2 Å². The Balaban J connectivity index is -0.000000329. The first-order chi connectivity index (χ1) is 11.7. The molecular formula is C19H41NO5. The zero-order chi connectivity index (χ0) is 21.1. The number of ether oxygens (including phenoxy) is 1. The highest BCUT2D eigenvalue weighted by Crippen LogP contribution is 2.14. The van der Waals surface area contributed by atoms with E-state index in [4.69, 9.17) is 9.84 Å². The number of hydrogen-bond acceptors (Lipinski definition) is 4. The highest BCUT2D eigenvalue weighted by Gasteiger charge is 2.26. The third-order valence-corrected chi connectivity index (χ3v) is 2.54. The van der Waals surface area contributed by atoms with Gasteiger partial charge in [-0.1, -0.05) is 41.5 Å². The van der Waals surface area contributed by atoms with E-state index in [0.717, 1.165) is 0 Å². The fourth-order valence-electron chi connectivity index (χ4n) is 1.68. The van der Waals surface area contributed by atoms with Gasteiger partial charge in [0.15, 0.2) is 0 Å². The summed E-state index contributed by atoms with van der Waals surface area (Å²) in [6.07, 6.45) is 0.308. The van der Waals surface area contributed by atoms with E-state index < -0.39 is 23.5 Å². The van der Waals surface area contributed by atoms with Gasteiger partial charge >= 0.3 is 5.97 Å². The van der Waals surface area contributed by atoms with Crippen molar-refractivity contribution in [1.82, 2.24) is 5.32 Å². The Hall–Kier alpha value is -1.43. The minimum absolute atomic E-state index is 0.0741. The Kier molecular flexibility index (Phi) is 25.9. The van der Waals surface area contributed by atoms with Crippen LogP contribution in [0.2, 0.25) is 0 Å². The van der Waals surface area contributed by atoms with Gasteiger partial charge in [0.25, 0.3) is 0 Å². The normalized spacial score (nSPS) is 10.5. The number of carbonyl (C=O) groups excluding carboxylic acids is 2. The number of hydrogen-bond donors (Lipinski definition) is 2. The lowest BCUT2D eigenvalue weighted by atomic mass is 10.0. The molecule has 0 aromatic heterocycles. The molecule has 0 heterocycles. The van der Waals surface area contributed by atoms with Crippen molar-refractivity contribution in [2.24, 2.45) is 0 Å². The number of carboxylic acids is 1. The number of rotatable bonds is 9. The summed E-state index contributed by atoms with van der Waals surface area (Å²) in [5, 5.41) is 11.4. The zero-order valence-corrected chi connectivity index (χ0v) is 18.0. The summed E-state index contributed by atoms with van der Waals surface area (Å²) in [6, 6.07) is -1.03. The SMILES string of the molecule is CC.CC.CC.CCOC(C)(C)CC(=O)NC(CCC(C)=O)C(=O)O. The number of Topliss-reactive ketones (excluding diaryl/α,β-unsaturated/α-hetero) is 1. The highest BCUT2D eigenvalue weighted by molar-refractivity contribution is 5.84.